The summed E-state index contributed by atoms with van der Waals surface area (Å²) in [7, 11) is 3.75. The van der Waals surface area contributed by atoms with Crippen LogP contribution in [0.1, 0.15) is 6.92 Å². The summed E-state index contributed by atoms with van der Waals surface area (Å²) in [5.41, 5.74) is 0.980. The van der Waals surface area contributed by atoms with Crippen LogP contribution >= 0.6 is 11.3 Å². The average Bonchev–Trinajstić information content (AvgIpc) is 3.11. The molecule has 1 aromatic heterocycles. The third-order valence-electron chi connectivity index (χ3n) is 4.26. The number of amides is 2. The fourth-order valence-corrected chi connectivity index (χ4v) is 3.84. The molecule has 32 heavy (non-hydrogen) atoms. The predicted molar refractivity (Wildman–Crippen MR) is 119 cm³/mol. The van der Waals surface area contributed by atoms with Crippen LogP contribution in [0.3, 0.4) is 0 Å². The number of urea groups is 1. The normalized spacial score (nSPS) is 11.6. The topological polar surface area (TPSA) is 66.9 Å². The number of nitrogens with one attached hydrogen (secondary N) is 1. The Labute approximate surface area is 187 Å². The molecule has 1 N–H and O–H groups in total. The van der Waals surface area contributed by atoms with E-state index in [9.17, 15) is 18.0 Å². The van der Waals surface area contributed by atoms with Crippen molar-refractivity contribution in [3.05, 3.63) is 42.5 Å². The molecule has 0 bridgehead atoms. The summed E-state index contributed by atoms with van der Waals surface area (Å²) in [5.74, 6) is 0.198. The van der Waals surface area contributed by atoms with Gasteiger partial charge in [-0.25, -0.2) is 9.78 Å². The van der Waals surface area contributed by atoms with Crippen LogP contribution in [-0.2, 0) is 0 Å². The summed E-state index contributed by atoms with van der Waals surface area (Å²) in [4.78, 5) is 21.0. The lowest BCUT2D eigenvalue weighted by Gasteiger charge is -2.23. The van der Waals surface area contributed by atoms with Crippen LogP contribution in [0.15, 0.2) is 42.5 Å². The fourth-order valence-electron chi connectivity index (χ4n) is 2.82. The molecule has 7 nitrogen and oxygen atoms in total. The Morgan fingerprint density at radius 3 is 2.59 bits per heavy atom. The van der Waals surface area contributed by atoms with E-state index in [1.807, 2.05) is 25.9 Å². The number of carbonyl (C=O) groups is 1. The number of alkyl halides is 3. The van der Waals surface area contributed by atoms with E-state index in [0.29, 0.717) is 46.5 Å². The largest absolute Gasteiger partial charge is 0.573 e. The van der Waals surface area contributed by atoms with Gasteiger partial charge in [-0.3, -0.25) is 4.90 Å². The highest BCUT2D eigenvalue weighted by Gasteiger charge is 2.31. The van der Waals surface area contributed by atoms with Crippen molar-refractivity contribution in [2.24, 2.45) is 0 Å². The summed E-state index contributed by atoms with van der Waals surface area (Å²) in [6, 6.07) is 10.5. The molecule has 3 aromatic rings. The molecule has 11 heteroatoms. The number of hydrogen-bond donors (Lipinski definition) is 1. The summed E-state index contributed by atoms with van der Waals surface area (Å²) in [6.45, 7) is 3.16. The highest BCUT2D eigenvalue weighted by Crippen LogP contribution is 2.34. The van der Waals surface area contributed by atoms with E-state index in [1.165, 1.54) is 23.1 Å². The quantitative estimate of drug-likeness (QED) is 0.493. The number of ether oxygens (including phenoxy) is 2. The molecule has 1 heterocycles. The molecule has 0 aliphatic heterocycles. The highest BCUT2D eigenvalue weighted by molar-refractivity contribution is 7.22. The number of aromatic nitrogens is 1. The minimum absolute atomic E-state index is 0.321. The van der Waals surface area contributed by atoms with Crippen molar-refractivity contribution < 1.29 is 27.4 Å². The molecule has 172 valence electrons. The smallest absolute Gasteiger partial charge is 0.492 e. The molecule has 0 aliphatic carbocycles. The molecule has 3 rings (SSSR count). The maximum absolute atomic E-state index is 13.1. The van der Waals surface area contributed by atoms with Gasteiger partial charge in [-0.2, -0.15) is 0 Å². The Bertz CT molecular complexity index is 1070. The van der Waals surface area contributed by atoms with Crippen molar-refractivity contribution in [3.8, 4) is 11.5 Å². The van der Waals surface area contributed by atoms with E-state index in [4.69, 9.17) is 4.74 Å². The molecule has 0 aliphatic rings. The van der Waals surface area contributed by atoms with Crippen molar-refractivity contribution in [2.45, 2.75) is 13.3 Å². The van der Waals surface area contributed by atoms with Crippen molar-refractivity contribution in [3.63, 3.8) is 0 Å². The number of hydrogen-bond acceptors (Lipinski definition) is 6. The summed E-state index contributed by atoms with van der Waals surface area (Å²) in [5, 5.41) is 3.20. The number of benzene rings is 2. The Balaban J connectivity index is 1.89. The number of carbonyl (C=O) groups excluding carboxylic acids is 1. The van der Waals surface area contributed by atoms with Crippen LogP contribution < -0.4 is 19.7 Å². The van der Waals surface area contributed by atoms with Gasteiger partial charge in [0.2, 0.25) is 0 Å². The molecule has 0 atom stereocenters. The predicted octanol–water partition coefficient (Wildman–Crippen LogP) is 5.19. The number of likely N-dealkylation sites (N-methyl/N-ethyl adjacent to an activating group) is 1. The van der Waals surface area contributed by atoms with Gasteiger partial charge < -0.3 is 19.7 Å². The first-order chi connectivity index (χ1) is 15.2. The second-order valence-corrected chi connectivity index (χ2v) is 8.00. The van der Waals surface area contributed by atoms with Gasteiger partial charge in [0.05, 0.1) is 22.5 Å². The molecule has 0 radical (unpaired) electrons. The molecule has 2 amide bonds. The lowest BCUT2D eigenvalue weighted by atomic mass is 10.3. The third kappa shape index (κ3) is 6.24. The number of para-hydroxylation sites is 2. The minimum Gasteiger partial charge on any atom is -0.492 e. The Morgan fingerprint density at radius 1 is 1.16 bits per heavy atom. The van der Waals surface area contributed by atoms with Crippen LogP contribution in [0, 0.1) is 0 Å². The minimum atomic E-state index is -4.78. The van der Waals surface area contributed by atoms with Crippen LogP contribution in [0.25, 0.3) is 10.2 Å². The molecule has 0 spiro atoms. The number of halogens is 3. The van der Waals surface area contributed by atoms with Gasteiger partial charge >= 0.3 is 12.4 Å². The zero-order chi connectivity index (χ0) is 23.3. The number of fused-ring (bicyclic) bond motifs is 1. The first-order valence-corrected chi connectivity index (χ1v) is 10.6. The molecule has 0 unspecified atom stereocenters. The molecule has 2 aromatic carbocycles. The Kier molecular flexibility index (Phi) is 7.41. The van der Waals surface area contributed by atoms with E-state index in [0.717, 1.165) is 11.3 Å². The maximum Gasteiger partial charge on any atom is 0.573 e. The van der Waals surface area contributed by atoms with Gasteiger partial charge in [-0.05, 0) is 45.3 Å². The third-order valence-corrected chi connectivity index (χ3v) is 5.30. The van der Waals surface area contributed by atoms with Gasteiger partial charge in [0.15, 0.2) is 5.13 Å². The van der Waals surface area contributed by atoms with Crippen molar-refractivity contribution in [1.29, 1.82) is 0 Å². The number of rotatable bonds is 8. The van der Waals surface area contributed by atoms with E-state index in [-0.39, 0.29) is 5.75 Å². The van der Waals surface area contributed by atoms with Crippen LogP contribution in [0.5, 0.6) is 11.5 Å². The second kappa shape index (κ2) is 10.0. The Morgan fingerprint density at radius 2 is 1.91 bits per heavy atom. The van der Waals surface area contributed by atoms with Crippen LogP contribution in [0.4, 0.5) is 28.8 Å². The summed E-state index contributed by atoms with van der Waals surface area (Å²) >= 11 is 1.11. The van der Waals surface area contributed by atoms with E-state index < -0.39 is 12.4 Å². The SMILES string of the molecule is CCOc1ccccc1NC(=O)N(CCN(C)C)c1nc2ccc(OC(F)(F)F)cc2s1. The zero-order valence-electron chi connectivity index (χ0n) is 17.8. The first kappa shape index (κ1) is 23.6. The van der Waals surface area contributed by atoms with Gasteiger partial charge in [-0.15, -0.1) is 13.2 Å². The number of nitrogens with zero attached hydrogens (tertiary/aromatic N) is 3. The lowest BCUT2D eigenvalue weighted by Crippen LogP contribution is -2.39. The fraction of sp³-hybridized carbons (Fsp3) is 0.333. The molecule has 0 saturated carbocycles. The summed E-state index contributed by atoms with van der Waals surface area (Å²) < 4.78 is 47.6. The second-order valence-electron chi connectivity index (χ2n) is 6.99. The molecule has 0 fully saturated rings. The van der Waals surface area contributed by atoms with E-state index >= 15 is 0 Å². The van der Waals surface area contributed by atoms with E-state index in [1.54, 1.807) is 24.3 Å². The molecular formula is C21H23F3N4O3S. The van der Waals surface area contributed by atoms with Crippen LogP contribution in [0.2, 0.25) is 0 Å². The zero-order valence-corrected chi connectivity index (χ0v) is 18.6. The van der Waals surface area contributed by atoms with Gasteiger partial charge in [0.1, 0.15) is 11.5 Å². The monoisotopic (exact) mass is 468 g/mol. The van der Waals surface area contributed by atoms with Gasteiger partial charge in [0, 0.05) is 19.2 Å². The Hall–Kier alpha value is -3.05. The lowest BCUT2D eigenvalue weighted by molar-refractivity contribution is -0.274. The standard InChI is InChI=1S/C21H23F3N4O3S/c1-4-30-17-8-6-5-7-15(17)25-19(29)28(12-11-27(2)3)20-26-16-10-9-14(13-18(16)32-20)31-21(22,23)24/h5-10,13H,4,11-12H2,1-3H3,(H,25,29). The number of anilines is 2. The van der Waals surface area contributed by atoms with Crippen molar-refractivity contribution >= 4 is 38.4 Å². The van der Waals surface area contributed by atoms with Crippen molar-refractivity contribution in [1.82, 2.24) is 9.88 Å². The van der Waals surface area contributed by atoms with Crippen molar-refractivity contribution in [2.75, 3.05) is 44.0 Å². The maximum atomic E-state index is 13.1. The highest BCUT2D eigenvalue weighted by atomic mass is 32.1. The average molecular weight is 469 g/mol. The molecule has 0 saturated heterocycles. The van der Waals surface area contributed by atoms with Gasteiger partial charge in [-0.1, -0.05) is 23.5 Å². The van der Waals surface area contributed by atoms with Crippen LogP contribution in [-0.4, -0.2) is 56.1 Å². The number of thiazole rings is 1. The summed E-state index contributed by atoms with van der Waals surface area (Å²) in [6.07, 6.45) is -4.78. The first-order valence-electron chi connectivity index (χ1n) is 9.77. The van der Waals surface area contributed by atoms with E-state index in [2.05, 4.69) is 15.0 Å². The molecular weight excluding hydrogens is 445 g/mol. The van der Waals surface area contributed by atoms with Gasteiger partial charge in [0.25, 0.3) is 0 Å².